The van der Waals surface area contributed by atoms with E-state index in [1.807, 2.05) is 0 Å². The molecule has 4 heteroatoms. The fourth-order valence-electron chi connectivity index (χ4n) is 2.32. The zero-order valence-electron chi connectivity index (χ0n) is 9.82. The van der Waals surface area contributed by atoms with Crippen LogP contribution in [-0.4, -0.2) is 9.46 Å². The molecule has 0 aromatic heterocycles. The SMILES string of the molecule is NCc1cccc(CS(=O)C2CCCC2)c1F. The smallest absolute Gasteiger partial charge is 0.131 e. The van der Waals surface area contributed by atoms with E-state index in [4.69, 9.17) is 5.73 Å². The first-order chi connectivity index (χ1) is 8.22. The molecule has 1 aromatic rings. The highest BCUT2D eigenvalue weighted by atomic mass is 32.2. The molecule has 0 radical (unpaired) electrons. The van der Waals surface area contributed by atoms with Crippen molar-refractivity contribution in [3.63, 3.8) is 0 Å². The molecule has 17 heavy (non-hydrogen) atoms. The van der Waals surface area contributed by atoms with Crippen molar-refractivity contribution < 1.29 is 8.60 Å². The highest BCUT2D eigenvalue weighted by molar-refractivity contribution is 7.84. The van der Waals surface area contributed by atoms with Crippen molar-refractivity contribution >= 4 is 10.8 Å². The van der Waals surface area contributed by atoms with Gasteiger partial charge in [0.1, 0.15) is 5.82 Å². The Morgan fingerprint density at radius 3 is 2.59 bits per heavy atom. The Morgan fingerprint density at radius 1 is 1.29 bits per heavy atom. The van der Waals surface area contributed by atoms with Crippen LogP contribution >= 0.6 is 0 Å². The van der Waals surface area contributed by atoms with Gasteiger partial charge in [-0.1, -0.05) is 31.0 Å². The minimum Gasteiger partial charge on any atom is -0.326 e. The third-order valence-electron chi connectivity index (χ3n) is 3.35. The van der Waals surface area contributed by atoms with E-state index < -0.39 is 10.8 Å². The summed E-state index contributed by atoms with van der Waals surface area (Å²) in [6, 6.07) is 5.17. The summed E-state index contributed by atoms with van der Waals surface area (Å²) in [6.45, 7) is 0.190. The fraction of sp³-hybridized carbons (Fsp3) is 0.538. The molecule has 1 saturated carbocycles. The second-order valence-electron chi connectivity index (χ2n) is 4.53. The molecule has 1 unspecified atom stereocenters. The van der Waals surface area contributed by atoms with Crippen molar-refractivity contribution in [1.29, 1.82) is 0 Å². The van der Waals surface area contributed by atoms with Gasteiger partial charge >= 0.3 is 0 Å². The van der Waals surface area contributed by atoms with Crippen LogP contribution in [0.15, 0.2) is 18.2 Å². The normalized spacial score (nSPS) is 18.5. The summed E-state index contributed by atoms with van der Waals surface area (Å²) < 4.78 is 26.0. The first-order valence-corrected chi connectivity index (χ1v) is 7.44. The van der Waals surface area contributed by atoms with Crippen LogP contribution in [0.3, 0.4) is 0 Å². The average molecular weight is 255 g/mol. The van der Waals surface area contributed by atoms with E-state index in [9.17, 15) is 8.60 Å². The van der Waals surface area contributed by atoms with Crippen molar-refractivity contribution in [2.75, 3.05) is 0 Å². The summed E-state index contributed by atoms with van der Waals surface area (Å²) in [6.07, 6.45) is 4.35. The molecule has 1 aromatic carbocycles. The van der Waals surface area contributed by atoms with E-state index in [-0.39, 0.29) is 17.6 Å². The second kappa shape index (κ2) is 5.74. The van der Waals surface area contributed by atoms with Gasteiger partial charge in [0, 0.05) is 33.7 Å². The second-order valence-corrected chi connectivity index (χ2v) is 6.24. The van der Waals surface area contributed by atoms with E-state index in [0.29, 0.717) is 16.9 Å². The predicted octanol–water partition coefficient (Wildman–Crippen LogP) is 2.48. The molecule has 1 atom stereocenters. The van der Waals surface area contributed by atoms with Gasteiger partial charge in [-0.15, -0.1) is 0 Å². The van der Waals surface area contributed by atoms with Crippen LogP contribution in [-0.2, 0) is 23.1 Å². The van der Waals surface area contributed by atoms with Gasteiger partial charge in [-0.2, -0.15) is 0 Å². The Hall–Kier alpha value is -0.740. The van der Waals surface area contributed by atoms with Gasteiger partial charge in [-0.3, -0.25) is 4.21 Å². The van der Waals surface area contributed by atoms with Crippen molar-refractivity contribution in [1.82, 2.24) is 0 Å². The van der Waals surface area contributed by atoms with Crippen LogP contribution in [0, 0.1) is 5.82 Å². The fourth-order valence-corrected chi connectivity index (χ4v) is 3.95. The van der Waals surface area contributed by atoms with E-state index in [1.165, 1.54) is 0 Å². The maximum Gasteiger partial charge on any atom is 0.131 e. The number of hydrogen-bond acceptors (Lipinski definition) is 2. The van der Waals surface area contributed by atoms with Gasteiger partial charge in [0.2, 0.25) is 0 Å². The van der Waals surface area contributed by atoms with Gasteiger partial charge < -0.3 is 5.73 Å². The lowest BCUT2D eigenvalue weighted by molar-refractivity contribution is 0.598. The Bertz CT molecular complexity index is 416. The largest absolute Gasteiger partial charge is 0.326 e. The number of halogens is 1. The molecule has 94 valence electrons. The van der Waals surface area contributed by atoms with Gasteiger partial charge in [0.25, 0.3) is 0 Å². The third-order valence-corrected chi connectivity index (χ3v) is 5.16. The minimum absolute atomic E-state index is 0.190. The van der Waals surface area contributed by atoms with Crippen LogP contribution in [0.2, 0.25) is 0 Å². The number of nitrogens with two attached hydrogens (primary N) is 1. The van der Waals surface area contributed by atoms with E-state index in [2.05, 4.69) is 0 Å². The zero-order chi connectivity index (χ0) is 12.3. The first kappa shape index (κ1) is 12.7. The molecule has 1 fully saturated rings. The maximum atomic E-state index is 13.9. The zero-order valence-corrected chi connectivity index (χ0v) is 10.6. The molecule has 0 aliphatic heterocycles. The predicted molar refractivity (Wildman–Crippen MR) is 68.4 cm³/mol. The summed E-state index contributed by atoms with van der Waals surface area (Å²) in [5.74, 6) is 0.0472. The van der Waals surface area contributed by atoms with Crippen molar-refractivity contribution in [3.8, 4) is 0 Å². The Balaban J connectivity index is 2.10. The molecule has 0 amide bonds. The molecule has 0 bridgehead atoms. The lowest BCUT2D eigenvalue weighted by Gasteiger charge is -2.11. The van der Waals surface area contributed by atoms with Crippen LogP contribution in [0.25, 0.3) is 0 Å². The Kier molecular flexibility index (Phi) is 4.29. The van der Waals surface area contributed by atoms with E-state index in [1.54, 1.807) is 18.2 Å². The molecule has 0 heterocycles. The van der Waals surface area contributed by atoms with Crippen LogP contribution in [0.1, 0.15) is 36.8 Å². The lowest BCUT2D eigenvalue weighted by atomic mass is 10.1. The minimum atomic E-state index is -0.948. The molecule has 0 saturated heterocycles. The summed E-state index contributed by atoms with van der Waals surface area (Å²) in [5.41, 5.74) is 6.50. The average Bonchev–Trinajstić information content (AvgIpc) is 2.85. The van der Waals surface area contributed by atoms with E-state index in [0.717, 1.165) is 25.7 Å². The first-order valence-electron chi connectivity index (χ1n) is 6.06. The summed E-state index contributed by atoms with van der Waals surface area (Å²) in [4.78, 5) is 0. The van der Waals surface area contributed by atoms with Crippen LogP contribution < -0.4 is 5.73 Å². The van der Waals surface area contributed by atoms with Gasteiger partial charge in [-0.25, -0.2) is 4.39 Å². The van der Waals surface area contributed by atoms with Crippen LogP contribution in [0.4, 0.5) is 4.39 Å². The molecular formula is C13H18FNOS. The molecule has 1 aliphatic rings. The van der Waals surface area contributed by atoms with E-state index >= 15 is 0 Å². The van der Waals surface area contributed by atoms with Crippen molar-refractivity contribution in [3.05, 3.63) is 35.1 Å². The summed E-state index contributed by atoms with van der Waals surface area (Å²) in [7, 11) is -0.948. The molecule has 0 spiro atoms. The maximum absolute atomic E-state index is 13.9. The van der Waals surface area contributed by atoms with Gasteiger partial charge in [-0.05, 0) is 12.8 Å². The monoisotopic (exact) mass is 255 g/mol. The molecule has 2 rings (SSSR count). The Morgan fingerprint density at radius 2 is 1.94 bits per heavy atom. The molecular weight excluding hydrogens is 237 g/mol. The molecule has 2 N–H and O–H groups in total. The van der Waals surface area contributed by atoms with Gasteiger partial charge in [0.15, 0.2) is 0 Å². The van der Waals surface area contributed by atoms with Crippen molar-refractivity contribution in [2.45, 2.75) is 43.2 Å². The highest BCUT2D eigenvalue weighted by Crippen LogP contribution is 2.25. The number of hydrogen-bond donors (Lipinski definition) is 1. The molecule has 1 aliphatic carbocycles. The summed E-state index contributed by atoms with van der Waals surface area (Å²) in [5, 5.41) is 0.260. The lowest BCUT2D eigenvalue weighted by Crippen LogP contribution is -2.13. The quantitative estimate of drug-likeness (QED) is 0.898. The molecule has 2 nitrogen and oxygen atoms in total. The Labute approximate surface area is 104 Å². The van der Waals surface area contributed by atoms with Crippen molar-refractivity contribution in [2.24, 2.45) is 5.73 Å². The standard InChI is InChI=1S/C13H18FNOS/c14-13-10(8-15)4-3-5-11(13)9-17(16)12-6-1-2-7-12/h3-5,12H,1-2,6-9,15H2. The third kappa shape index (κ3) is 2.93. The highest BCUT2D eigenvalue weighted by Gasteiger charge is 2.22. The van der Waals surface area contributed by atoms with Gasteiger partial charge in [0.05, 0.1) is 5.75 Å². The van der Waals surface area contributed by atoms with Crippen LogP contribution in [0.5, 0.6) is 0 Å². The number of benzene rings is 1. The summed E-state index contributed by atoms with van der Waals surface area (Å²) >= 11 is 0. The topological polar surface area (TPSA) is 43.1 Å². The number of rotatable bonds is 4.